The van der Waals surface area contributed by atoms with Crippen molar-refractivity contribution in [3.05, 3.63) is 35.9 Å². The molecule has 0 saturated heterocycles. The fourth-order valence-electron chi connectivity index (χ4n) is 1.83. The zero-order valence-corrected chi connectivity index (χ0v) is 11.7. The van der Waals surface area contributed by atoms with Gasteiger partial charge in [-0.05, 0) is 12.5 Å². The molecule has 1 aromatic carbocycles. The van der Waals surface area contributed by atoms with Gasteiger partial charge in [0.15, 0.2) is 9.84 Å². The molecule has 0 radical (unpaired) electrons. The van der Waals surface area contributed by atoms with Crippen LogP contribution < -0.4 is 5.32 Å². The van der Waals surface area contributed by atoms with Crippen LogP contribution in [0.25, 0.3) is 0 Å². The third-order valence-electron chi connectivity index (χ3n) is 2.81. The van der Waals surface area contributed by atoms with Crippen LogP contribution in [-0.2, 0) is 9.84 Å². The van der Waals surface area contributed by atoms with E-state index in [1.807, 2.05) is 37.3 Å². The van der Waals surface area contributed by atoms with Gasteiger partial charge in [0.2, 0.25) is 0 Å². The first-order chi connectivity index (χ1) is 8.48. The van der Waals surface area contributed by atoms with E-state index in [0.717, 1.165) is 5.56 Å². The highest BCUT2D eigenvalue weighted by atomic mass is 32.2. The van der Waals surface area contributed by atoms with Crippen LogP contribution in [0.5, 0.6) is 0 Å². The van der Waals surface area contributed by atoms with Gasteiger partial charge in [-0.1, -0.05) is 37.3 Å². The monoisotopic (exact) mass is 271 g/mol. The molecular weight excluding hydrogens is 250 g/mol. The second kappa shape index (κ2) is 6.87. The number of nitrogens with one attached hydrogen (secondary N) is 1. The van der Waals surface area contributed by atoms with Crippen molar-refractivity contribution < 1.29 is 13.5 Å². The van der Waals surface area contributed by atoms with Crippen LogP contribution in [0.3, 0.4) is 0 Å². The Morgan fingerprint density at radius 3 is 2.39 bits per heavy atom. The number of aliphatic hydroxyl groups is 1. The minimum Gasteiger partial charge on any atom is -0.394 e. The first-order valence-electron chi connectivity index (χ1n) is 6.10. The van der Waals surface area contributed by atoms with Gasteiger partial charge in [0.05, 0.1) is 18.4 Å². The minimum atomic E-state index is -3.00. The van der Waals surface area contributed by atoms with E-state index in [1.165, 1.54) is 0 Å². The van der Waals surface area contributed by atoms with E-state index in [-0.39, 0.29) is 30.2 Å². The molecule has 0 spiro atoms. The van der Waals surface area contributed by atoms with Gasteiger partial charge in [0.25, 0.3) is 0 Å². The van der Waals surface area contributed by atoms with Gasteiger partial charge >= 0.3 is 0 Å². The summed E-state index contributed by atoms with van der Waals surface area (Å²) < 4.78 is 23.0. The smallest absolute Gasteiger partial charge is 0.151 e. The van der Waals surface area contributed by atoms with Gasteiger partial charge in [0.1, 0.15) is 0 Å². The fourth-order valence-corrected chi connectivity index (χ4v) is 2.92. The van der Waals surface area contributed by atoms with Crippen molar-refractivity contribution in [2.75, 3.05) is 18.1 Å². The van der Waals surface area contributed by atoms with Crippen LogP contribution in [-0.4, -0.2) is 37.7 Å². The summed E-state index contributed by atoms with van der Waals surface area (Å²) in [5, 5.41) is 12.5. The van der Waals surface area contributed by atoms with E-state index >= 15 is 0 Å². The van der Waals surface area contributed by atoms with E-state index in [1.54, 1.807) is 6.92 Å². The fraction of sp³-hybridized carbons (Fsp3) is 0.538. The molecule has 0 fully saturated rings. The number of rotatable bonds is 7. The van der Waals surface area contributed by atoms with Crippen molar-refractivity contribution in [1.82, 2.24) is 5.32 Å². The van der Waals surface area contributed by atoms with Crippen LogP contribution in [0.2, 0.25) is 0 Å². The summed E-state index contributed by atoms with van der Waals surface area (Å²) in [4.78, 5) is 0. The van der Waals surface area contributed by atoms with E-state index in [4.69, 9.17) is 0 Å². The molecule has 1 rings (SSSR count). The Hall–Kier alpha value is -0.910. The van der Waals surface area contributed by atoms with Crippen LogP contribution in [0.4, 0.5) is 0 Å². The zero-order valence-electron chi connectivity index (χ0n) is 10.8. The van der Waals surface area contributed by atoms with Crippen molar-refractivity contribution in [3.63, 3.8) is 0 Å². The average molecular weight is 271 g/mol. The predicted molar refractivity (Wildman–Crippen MR) is 73.2 cm³/mol. The maximum atomic E-state index is 11.5. The lowest BCUT2D eigenvalue weighted by Gasteiger charge is -2.21. The van der Waals surface area contributed by atoms with Crippen LogP contribution >= 0.6 is 0 Å². The first-order valence-corrected chi connectivity index (χ1v) is 7.93. The molecule has 1 aromatic rings. The molecule has 18 heavy (non-hydrogen) atoms. The Morgan fingerprint density at radius 1 is 1.28 bits per heavy atom. The van der Waals surface area contributed by atoms with Crippen molar-refractivity contribution in [2.24, 2.45) is 0 Å². The molecule has 0 saturated carbocycles. The van der Waals surface area contributed by atoms with Crippen LogP contribution in [0.1, 0.15) is 25.5 Å². The van der Waals surface area contributed by atoms with Gasteiger partial charge in [-0.25, -0.2) is 8.42 Å². The minimum absolute atomic E-state index is 0.0550. The Kier molecular flexibility index (Phi) is 5.78. The molecule has 2 N–H and O–H groups in total. The molecule has 0 aliphatic rings. The quantitative estimate of drug-likeness (QED) is 0.780. The Labute approximate surface area is 109 Å². The first kappa shape index (κ1) is 15.1. The molecule has 102 valence electrons. The molecule has 0 bridgehead atoms. The normalized spacial score (nSPS) is 15.3. The van der Waals surface area contributed by atoms with Gasteiger partial charge in [-0.2, -0.15) is 0 Å². The molecule has 0 aromatic heterocycles. The molecule has 2 unspecified atom stereocenters. The predicted octanol–water partition coefficient (Wildman–Crippen LogP) is 1.13. The number of benzene rings is 1. The highest BCUT2D eigenvalue weighted by Crippen LogP contribution is 2.12. The van der Waals surface area contributed by atoms with Crippen molar-refractivity contribution in [2.45, 2.75) is 25.9 Å². The molecule has 2 atom stereocenters. The van der Waals surface area contributed by atoms with Gasteiger partial charge in [0, 0.05) is 11.8 Å². The van der Waals surface area contributed by atoms with Crippen LogP contribution in [0, 0.1) is 0 Å². The Balaban J connectivity index is 2.65. The van der Waals surface area contributed by atoms with E-state index in [9.17, 15) is 13.5 Å². The van der Waals surface area contributed by atoms with Gasteiger partial charge in [-0.3, -0.25) is 0 Å². The number of sulfone groups is 1. The van der Waals surface area contributed by atoms with Gasteiger partial charge in [-0.15, -0.1) is 0 Å². The largest absolute Gasteiger partial charge is 0.394 e. The lowest BCUT2D eigenvalue weighted by molar-refractivity contribution is 0.237. The second-order valence-electron chi connectivity index (χ2n) is 4.41. The number of hydrogen-bond donors (Lipinski definition) is 2. The third-order valence-corrected chi connectivity index (χ3v) is 4.70. The summed E-state index contributed by atoms with van der Waals surface area (Å²) in [7, 11) is -3.00. The summed E-state index contributed by atoms with van der Waals surface area (Å²) in [6.07, 6.45) is 0. The molecule has 4 nitrogen and oxygen atoms in total. The lowest BCUT2D eigenvalue weighted by Crippen LogP contribution is -2.37. The zero-order chi connectivity index (χ0) is 13.6. The standard InChI is InChI=1S/C13H21NO3S/c1-3-18(16,17)10-11(2)14-13(9-15)12-7-5-4-6-8-12/h4-8,11,13-15H,3,9-10H2,1-2H3. The van der Waals surface area contributed by atoms with E-state index < -0.39 is 9.84 Å². The second-order valence-corrected chi connectivity index (χ2v) is 6.81. The van der Waals surface area contributed by atoms with Crippen molar-refractivity contribution in [1.29, 1.82) is 0 Å². The van der Waals surface area contributed by atoms with Gasteiger partial charge < -0.3 is 10.4 Å². The summed E-state index contributed by atoms with van der Waals surface area (Å²) >= 11 is 0. The molecule has 0 heterocycles. The molecular formula is C13H21NO3S. The summed E-state index contributed by atoms with van der Waals surface area (Å²) in [6.45, 7) is 3.40. The summed E-state index contributed by atoms with van der Waals surface area (Å²) in [5.41, 5.74) is 0.959. The average Bonchev–Trinajstić information content (AvgIpc) is 2.36. The Morgan fingerprint density at radius 2 is 1.89 bits per heavy atom. The molecule has 0 aliphatic carbocycles. The molecule has 0 amide bonds. The topological polar surface area (TPSA) is 66.4 Å². The van der Waals surface area contributed by atoms with Crippen molar-refractivity contribution >= 4 is 9.84 Å². The third kappa shape index (κ3) is 4.76. The Bertz CT molecular complexity index is 445. The maximum absolute atomic E-state index is 11.5. The number of aliphatic hydroxyl groups excluding tert-OH is 1. The molecule has 0 aliphatic heterocycles. The van der Waals surface area contributed by atoms with E-state index in [0.29, 0.717) is 0 Å². The maximum Gasteiger partial charge on any atom is 0.151 e. The lowest BCUT2D eigenvalue weighted by atomic mass is 10.1. The highest BCUT2D eigenvalue weighted by molar-refractivity contribution is 7.91. The van der Waals surface area contributed by atoms with E-state index in [2.05, 4.69) is 5.32 Å². The summed E-state index contributed by atoms with van der Waals surface area (Å²) in [5.74, 6) is 0.237. The summed E-state index contributed by atoms with van der Waals surface area (Å²) in [6, 6.07) is 9.10. The van der Waals surface area contributed by atoms with Crippen molar-refractivity contribution in [3.8, 4) is 0 Å². The van der Waals surface area contributed by atoms with Crippen LogP contribution in [0.15, 0.2) is 30.3 Å². The SMILES string of the molecule is CCS(=O)(=O)CC(C)NC(CO)c1ccccc1. The highest BCUT2D eigenvalue weighted by Gasteiger charge is 2.17. The number of hydrogen-bond acceptors (Lipinski definition) is 4. The molecule has 5 heteroatoms.